The van der Waals surface area contributed by atoms with Crippen LogP contribution in [0.15, 0.2) is 0 Å². The first-order valence-electron chi connectivity index (χ1n) is 11.9. The first kappa shape index (κ1) is 25.0. The topological polar surface area (TPSA) is 26.0 Å². The molecule has 0 aliphatic heterocycles. The highest BCUT2D eigenvalue weighted by atomic mass is 14.8. The van der Waals surface area contributed by atoms with E-state index in [4.69, 9.17) is 5.73 Å². The van der Waals surface area contributed by atoms with Crippen LogP contribution in [-0.4, -0.2) is 5.54 Å². The van der Waals surface area contributed by atoms with Gasteiger partial charge in [-0.25, -0.2) is 0 Å². The van der Waals surface area contributed by atoms with Gasteiger partial charge in [0.15, 0.2) is 0 Å². The van der Waals surface area contributed by atoms with Gasteiger partial charge in [0.25, 0.3) is 0 Å². The van der Waals surface area contributed by atoms with Crippen molar-refractivity contribution >= 4 is 0 Å². The zero-order chi connectivity index (χ0) is 18.8. The maximum atomic E-state index is 7.01. The van der Waals surface area contributed by atoms with Gasteiger partial charge in [-0.2, -0.15) is 0 Å². The van der Waals surface area contributed by atoms with E-state index in [0.717, 1.165) is 0 Å². The first-order valence-corrected chi connectivity index (χ1v) is 11.9. The molecule has 0 bridgehead atoms. The van der Waals surface area contributed by atoms with Crippen LogP contribution in [-0.2, 0) is 0 Å². The third-order valence-electron chi connectivity index (χ3n) is 6.21. The Morgan fingerprint density at radius 2 is 0.920 bits per heavy atom. The molecule has 0 radical (unpaired) electrons. The van der Waals surface area contributed by atoms with Crippen LogP contribution in [0.2, 0.25) is 0 Å². The van der Waals surface area contributed by atoms with Crippen molar-refractivity contribution in [1.29, 1.82) is 0 Å². The van der Waals surface area contributed by atoms with Crippen molar-refractivity contribution in [3.63, 3.8) is 0 Å². The van der Waals surface area contributed by atoms with Crippen LogP contribution in [0.25, 0.3) is 0 Å². The Morgan fingerprint density at radius 3 is 1.32 bits per heavy atom. The van der Waals surface area contributed by atoms with Crippen molar-refractivity contribution in [3.05, 3.63) is 0 Å². The van der Waals surface area contributed by atoms with E-state index in [1.54, 1.807) is 0 Å². The van der Waals surface area contributed by atoms with Gasteiger partial charge in [0.2, 0.25) is 0 Å². The lowest BCUT2D eigenvalue weighted by atomic mass is 9.75. The van der Waals surface area contributed by atoms with Gasteiger partial charge in [0, 0.05) is 5.54 Å². The minimum absolute atomic E-state index is 0.100. The zero-order valence-corrected chi connectivity index (χ0v) is 18.4. The molecule has 1 heteroatoms. The number of hydrogen-bond donors (Lipinski definition) is 1. The molecule has 25 heavy (non-hydrogen) atoms. The molecular formula is C24H51N. The van der Waals surface area contributed by atoms with E-state index in [2.05, 4.69) is 27.7 Å². The second-order valence-electron chi connectivity index (χ2n) is 8.67. The second-order valence-corrected chi connectivity index (χ2v) is 8.67. The summed E-state index contributed by atoms with van der Waals surface area (Å²) in [6, 6.07) is 0. The fourth-order valence-electron chi connectivity index (χ4n) is 4.07. The highest BCUT2D eigenvalue weighted by Gasteiger charge is 2.30. The minimum atomic E-state index is 0.100. The second kappa shape index (κ2) is 17.4. The molecule has 0 saturated heterocycles. The smallest absolute Gasteiger partial charge is 0.0180 e. The molecular weight excluding hydrogens is 302 g/mol. The standard InChI is InChI=1S/C24H51N/c1-5-8-11-14-17-20-23(4)24(25,21-18-15-12-9-6-2)22-19-16-13-10-7-3/h23H,5-22,25H2,1-4H3. The molecule has 0 aliphatic carbocycles. The summed E-state index contributed by atoms with van der Waals surface area (Å²) in [5, 5.41) is 0. The van der Waals surface area contributed by atoms with Crippen LogP contribution in [0.3, 0.4) is 0 Å². The molecule has 0 aliphatic rings. The quantitative estimate of drug-likeness (QED) is 0.232. The lowest BCUT2D eigenvalue weighted by Crippen LogP contribution is -2.46. The number of rotatable bonds is 19. The summed E-state index contributed by atoms with van der Waals surface area (Å²) in [6.07, 6.45) is 24.5. The first-order chi connectivity index (χ1) is 12.1. The summed E-state index contributed by atoms with van der Waals surface area (Å²) in [5.41, 5.74) is 7.11. The number of nitrogens with two attached hydrogens (primary N) is 1. The number of unbranched alkanes of at least 4 members (excludes halogenated alkanes) is 12. The molecule has 0 heterocycles. The third kappa shape index (κ3) is 13.8. The third-order valence-corrected chi connectivity index (χ3v) is 6.21. The average molecular weight is 354 g/mol. The van der Waals surface area contributed by atoms with Crippen molar-refractivity contribution in [2.75, 3.05) is 0 Å². The van der Waals surface area contributed by atoms with Crippen molar-refractivity contribution in [3.8, 4) is 0 Å². The van der Waals surface area contributed by atoms with Crippen LogP contribution in [0.5, 0.6) is 0 Å². The Kier molecular flexibility index (Phi) is 17.3. The summed E-state index contributed by atoms with van der Waals surface area (Å²) in [5.74, 6) is 0.687. The fraction of sp³-hybridized carbons (Fsp3) is 1.00. The minimum Gasteiger partial charge on any atom is -0.325 e. The average Bonchev–Trinajstić information content (AvgIpc) is 2.61. The molecule has 1 unspecified atom stereocenters. The highest BCUT2D eigenvalue weighted by molar-refractivity contribution is 4.89. The maximum absolute atomic E-state index is 7.01. The van der Waals surface area contributed by atoms with Crippen LogP contribution in [0.4, 0.5) is 0 Å². The summed E-state index contributed by atoms with van der Waals surface area (Å²) in [6.45, 7) is 9.33. The van der Waals surface area contributed by atoms with E-state index in [-0.39, 0.29) is 5.54 Å². The maximum Gasteiger partial charge on any atom is 0.0180 e. The van der Waals surface area contributed by atoms with E-state index >= 15 is 0 Å². The summed E-state index contributed by atoms with van der Waals surface area (Å²) < 4.78 is 0. The van der Waals surface area contributed by atoms with E-state index < -0.39 is 0 Å². The van der Waals surface area contributed by atoms with Crippen LogP contribution in [0.1, 0.15) is 143 Å². The van der Waals surface area contributed by atoms with Crippen LogP contribution < -0.4 is 5.73 Å². The summed E-state index contributed by atoms with van der Waals surface area (Å²) in [4.78, 5) is 0. The molecule has 0 aromatic rings. The Morgan fingerprint density at radius 1 is 0.560 bits per heavy atom. The Bertz CT molecular complexity index is 247. The lowest BCUT2D eigenvalue weighted by Gasteiger charge is -2.36. The Labute approximate surface area is 160 Å². The van der Waals surface area contributed by atoms with Gasteiger partial charge in [-0.1, -0.05) is 124 Å². The van der Waals surface area contributed by atoms with Crippen molar-refractivity contribution in [1.82, 2.24) is 0 Å². The zero-order valence-electron chi connectivity index (χ0n) is 18.4. The van der Waals surface area contributed by atoms with Crippen molar-refractivity contribution in [2.24, 2.45) is 11.7 Å². The van der Waals surface area contributed by atoms with Crippen LogP contribution >= 0.6 is 0 Å². The largest absolute Gasteiger partial charge is 0.325 e. The molecule has 152 valence electrons. The van der Waals surface area contributed by atoms with E-state index in [0.29, 0.717) is 5.92 Å². The molecule has 0 aromatic carbocycles. The van der Waals surface area contributed by atoms with Gasteiger partial charge < -0.3 is 5.73 Å². The van der Waals surface area contributed by atoms with Gasteiger partial charge in [0.1, 0.15) is 0 Å². The van der Waals surface area contributed by atoms with E-state index in [1.165, 1.54) is 116 Å². The molecule has 2 N–H and O–H groups in total. The van der Waals surface area contributed by atoms with Gasteiger partial charge in [-0.15, -0.1) is 0 Å². The molecule has 0 amide bonds. The van der Waals surface area contributed by atoms with Crippen molar-refractivity contribution < 1.29 is 0 Å². The molecule has 0 fully saturated rings. The predicted molar refractivity (Wildman–Crippen MR) is 116 cm³/mol. The monoisotopic (exact) mass is 353 g/mol. The van der Waals surface area contributed by atoms with Gasteiger partial charge in [0.05, 0.1) is 0 Å². The van der Waals surface area contributed by atoms with E-state index in [9.17, 15) is 0 Å². The SMILES string of the molecule is CCCCCCCC(C)C(N)(CCCCCCC)CCCCCCC. The lowest BCUT2D eigenvalue weighted by molar-refractivity contribution is 0.220. The Hall–Kier alpha value is -0.0400. The van der Waals surface area contributed by atoms with Crippen molar-refractivity contribution in [2.45, 2.75) is 149 Å². The molecule has 1 atom stereocenters. The van der Waals surface area contributed by atoms with Gasteiger partial charge in [-0.05, 0) is 25.2 Å². The highest BCUT2D eigenvalue weighted by Crippen LogP contribution is 2.31. The molecule has 0 rings (SSSR count). The summed E-state index contributed by atoms with van der Waals surface area (Å²) >= 11 is 0. The van der Waals surface area contributed by atoms with Gasteiger partial charge in [-0.3, -0.25) is 0 Å². The van der Waals surface area contributed by atoms with E-state index in [1.807, 2.05) is 0 Å². The molecule has 0 spiro atoms. The molecule has 1 nitrogen and oxygen atoms in total. The van der Waals surface area contributed by atoms with Gasteiger partial charge >= 0.3 is 0 Å². The molecule has 0 aromatic heterocycles. The fourth-order valence-corrected chi connectivity index (χ4v) is 4.07. The number of hydrogen-bond acceptors (Lipinski definition) is 1. The normalized spacial score (nSPS) is 13.3. The predicted octanol–water partition coefficient (Wildman–Crippen LogP) is 8.40. The molecule has 0 saturated carbocycles. The summed E-state index contributed by atoms with van der Waals surface area (Å²) in [7, 11) is 0. The van der Waals surface area contributed by atoms with Crippen LogP contribution in [0, 0.1) is 5.92 Å². The Balaban J connectivity index is 4.26.